The summed E-state index contributed by atoms with van der Waals surface area (Å²) in [7, 11) is 1.58. The summed E-state index contributed by atoms with van der Waals surface area (Å²) in [6.45, 7) is 2.97. The molecular formula is C5H13NO2. The van der Waals surface area contributed by atoms with E-state index < -0.39 is 0 Å². The lowest BCUT2D eigenvalue weighted by Gasteiger charge is -2.10. The average molecular weight is 119 g/mol. The maximum Gasteiger partial charge on any atom is 0.169 e. The molecule has 0 heterocycles. The molecule has 0 spiro atoms. The fraction of sp³-hybridized carbons (Fsp3) is 1.00. The van der Waals surface area contributed by atoms with E-state index in [0.29, 0.717) is 13.2 Å². The van der Waals surface area contributed by atoms with Gasteiger partial charge in [0.2, 0.25) is 0 Å². The first-order chi connectivity index (χ1) is 3.85. The van der Waals surface area contributed by atoms with Crippen LogP contribution in [0.1, 0.15) is 6.92 Å². The standard InChI is InChI=1S/C5H13NO2/c1-3-8-5(4-6)7-2/h5H,3-4,6H2,1-2H3. The molecule has 0 saturated heterocycles. The molecule has 50 valence electrons. The number of rotatable bonds is 4. The number of methoxy groups -OCH3 is 1. The Kier molecular flexibility index (Phi) is 4.95. The summed E-state index contributed by atoms with van der Waals surface area (Å²) in [4.78, 5) is 0. The number of hydrogen-bond acceptors (Lipinski definition) is 3. The van der Waals surface area contributed by atoms with Gasteiger partial charge in [-0.2, -0.15) is 0 Å². The second kappa shape index (κ2) is 5.03. The van der Waals surface area contributed by atoms with Crippen LogP contribution in [0.2, 0.25) is 0 Å². The Balaban J connectivity index is 3.07. The van der Waals surface area contributed by atoms with E-state index in [1.165, 1.54) is 0 Å². The van der Waals surface area contributed by atoms with Crippen LogP contribution in [-0.2, 0) is 9.47 Å². The summed E-state index contributed by atoms with van der Waals surface area (Å²) >= 11 is 0. The Morgan fingerprint density at radius 3 is 2.38 bits per heavy atom. The van der Waals surface area contributed by atoms with Gasteiger partial charge >= 0.3 is 0 Å². The predicted octanol–water partition coefficient (Wildman–Crippen LogP) is -0.0459. The molecule has 2 N–H and O–H groups in total. The largest absolute Gasteiger partial charge is 0.355 e. The third-order valence-electron chi connectivity index (χ3n) is 0.808. The molecule has 0 saturated carbocycles. The minimum Gasteiger partial charge on any atom is -0.355 e. The van der Waals surface area contributed by atoms with E-state index >= 15 is 0 Å². The summed E-state index contributed by atoms with van der Waals surface area (Å²) in [5.41, 5.74) is 5.22. The number of nitrogens with two attached hydrogens (primary N) is 1. The zero-order valence-corrected chi connectivity index (χ0v) is 5.39. The van der Waals surface area contributed by atoms with Crippen LogP contribution in [-0.4, -0.2) is 26.6 Å². The van der Waals surface area contributed by atoms with Crippen molar-refractivity contribution < 1.29 is 9.47 Å². The first-order valence-electron chi connectivity index (χ1n) is 2.69. The van der Waals surface area contributed by atoms with Crippen LogP contribution in [0, 0.1) is 0 Å². The third kappa shape index (κ3) is 2.96. The highest BCUT2D eigenvalue weighted by Gasteiger charge is 1.99. The van der Waals surface area contributed by atoms with Crippen LogP contribution in [0.5, 0.6) is 0 Å². The summed E-state index contributed by atoms with van der Waals surface area (Å²) in [5.74, 6) is 0. The van der Waals surface area contributed by atoms with E-state index in [1.54, 1.807) is 7.11 Å². The van der Waals surface area contributed by atoms with Gasteiger partial charge in [0, 0.05) is 20.3 Å². The number of ether oxygens (including phenoxy) is 2. The van der Waals surface area contributed by atoms with Crippen LogP contribution < -0.4 is 5.73 Å². The third-order valence-corrected chi connectivity index (χ3v) is 0.808. The van der Waals surface area contributed by atoms with E-state index in [-0.39, 0.29) is 6.29 Å². The van der Waals surface area contributed by atoms with E-state index in [4.69, 9.17) is 15.2 Å². The quantitative estimate of drug-likeness (QED) is 0.528. The van der Waals surface area contributed by atoms with Crippen molar-refractivity contribution in [3.8, 4) is 0 Å². The van der Waals surface area contributed by atoms with Gasteiger partial charge in [0.15, 0.2) is 6.29 Å². The Morgan fingerprint density at radius 2 is 2.25 bits per heavy atom. The topological polar surface area (TPSA) is 44.5 Å². The lowest BCUT2D eigenvalue weighted by molar-refractivity contribution is -0.112. The molecule has 0 amide bonds. The van der Waals surface area contributed by atoms with Gasteiger partial charge in [-0.05, 0) is 6.92 Å². The van der Waals surface area contributed by atoms with Crippen LogP contribution in [0.25, 0.3) is 0 Å². The molecule has 0 bridgehead atoms. The van der Waals surface area contributed by atoms with Crippen molar-refractivity contribution in [1.82, 2.24) is 0 Å². The summed E-state index contributed by atoms with van der Waals surface area (Å²) in [6, 6.07) is 0. The van der Waals surface area contributed by atoms with Crippen molar-refractivity contribution in [2.75, 3.05) is 20.3 Å². The van der Waals surface area contributed by atoms with Crippen molar-refractivity contribution >= 4 is 0 Å². The Bertz CT molecular complexity index is 45.7. The van der Waals surface area contributed by atoms with Gasteiger partial charge in [-0.1, -0.05) is 0 Å². The molecule has 1 unspecified atom stereocenters. The molecule has 0 aromatic carbocycles. The van der Waals surface area contributed by atoms with Crippen molar-refractivity contribution in [2.45, 2.75) is 13.2 Å². The Hall–Kier alpha value is -0.120. The molecule has 1 atom stereocenters. The molecule has 3 nitrogen and oxygen atoms in total. The van der Waals surface area contributed by atoms with Crippen LogP contribution in [0.4, 0.5) is 0 Å². The smallest absolute Gasteiger partial charge is 0.169 e. The van der Waals surface area contributed by atoms with Crippen molar-refractivity contribution in [2.24, 2.45) is 5.73 Å². The van der Waals surface area contributed by atoms with Gasteiger partial charge in [0.1, 0.15) is 0 Å². The van der Waals surface area contributed by atoms with Gasteiger partial charge < -0.3 is 15.2 Å². The molecule has 0 aliphatic heterocycles. The van der Waals surface area contributed by atoms with Crippen LogP contribution in [0.3, 0.4) is 0 Å². The summed E-state index contributed by atoms with van der Waals surface area (Å²) < 4.78 is 9.79. The minimum atomic E-state index is -0.222. The molecule has 8 heavy (non-hydrogen) atoms. The van der Waals surface area contributed by atoms with Gasteiger partial charge in [0.05, 0.1) is 0 Å². The highest BCUT2D eigenvalue weighted by atomic mass is 16.7. The van der Waals surface area contributed by atoms with E-state index in [1.807, 2.05) is 6.92 Å². The maximum atomic E-state index is 5.22. The molecule has 0 rings (SSSR count). The maximum absolute atomic E-state index is 5.22. The molecule has 0 aromatic heterocycles. The van der Waals surface area contributed by atoms with Gasteiger partial charge in [-0.25, -0.2) is 0 Å². The zero-order chi connectivity index (χ0) is 6.41. The molecule has 0 aliphatic carbocycles. The zero-order valence-electron chi connectivity index (χ0n) is 5.39. The molecule has 0 radical (unpaired) electrons. The summed E-state index contributed by atoms with van der Waals surface area (Å²) in [6.07, 6.45) is -0.222. The number of hydrogen-bond donors (Lipinski definition) is 1. The highest BCUT2D eigenvalue weighted by Crippen LogP contribution is 1.87. The Morgan fingerprint density at radius 1 is 1.62 bits per heavy atom. The molecule has 3 heteroatoms. The van der Waals surface area contributed by atoms with Crippen LogP contribution in [0.15, 0.2) is 0 Å². The van der Waals surface area contributed by atoms with Crippen molar-refractivity contribution in [1.29, 1.82) is 0 Å². The van der Waals surface area contributed by atoms with Gasteiger partial charge in [0.25, 0.3) is 0 Å². The van der Waals surface area contributed by atoms with E-state index in [9.17, 15) is 0 Å². The lowest BCUT2D eigenvalue weighted by atomic mass is 10.6. The van der Waals surface area contributed by atoms with Gasteiger partial charge in [-0.15, -0.1) is 0 Å². The SMILES string of the molecule is CCOC(CN)OC. The molecule has 0 aromatic rings. The van der Waals surface area contributed by atoms with Crippen molar-refractivity contribution in [3.63, 3.8) is 0 Å². The Labute approximate surface area is 49.8 Å². The average Bonchev–Trinajstić information content (AvgIpc) is 1.83. The normalized spacial score (nSPS) is 13.9. The fourth-order valence-electron chi connectivity index (χ4n) is 0.418. The van der Waals surface area contributed by atoms with Gasteiger partial charge in [-0.3, -0.25) is 0 Å². The lowest BCUT2D eigenvalue weighted by Crippen LogP contribution is -2.25. The fourth-order valence-corrected chi connectivity index (χ4v) is 0.418. The molecular weight excluding hydrogens is 106 g/mol. The minimum absolute atomic E-state index is 0.222. The van der Waals surface area contributed by atoms with E-state index in [2.05, 4.69) is 0 Å². The monoisotopic (exact) mass is 119 g/mol. The second-order valence-electron chi connectivity index (χ2n) is 1.36. The van der Waals surface area contributed by atoms with Crippen LogP contribution >= 0.6 is 0 Å². The second-order valence-corrected chi connectivity index (χ2v) is 1.36. The van der Waals surface area contributed by atoms with Crippen molar-refractivity contribution in [3.05, 3.63) is 0 Å². The molecule has 0 aliphatic rings. The van der Waals surface area contributed by atoms with E-state index in [0.717, 1.165) is 0 Å². The first kappa shape index (κ1) is 7.88. The predicted molar refractivity (Wildman–Crippen MR) is 31.5 cm³/mol. The molecule has 0 fully saturated rings. The summed E-state index contributed by atoms with van der Waals surface area (Å²) in [5, 5.41) is 0. The first-order valence-corrected chi connectivity index (χ1v) is 2.69. The highest BCUT2D eigenvalue weighted by molar-refractivity contribution is 4.39.